The molecule has 120 valence electrons. The molecule has 1 aromatic carbocycles. The van der Waals surface area contributed by atoms with Crippen LogP contribution in [0.1, 0.15) is 44.3 Å². The number of aromatic carboxylic acids is 1. The molecule has 1 aromatic heterocycles. The molecule has 1 fully saturated rings. The second-order valence-electron chi connectivity index (χ2n) is 5.73. The van der Waals surface area contributed by atoms with Gasteiger partial charge in [-0.2, -0.15) is 0 Å². The lowest BCUT2D eigenvalue weighted by Gasteiger charge is -2.27. The highest BCUT2D eigenvalue weighted by atomic mass is 32.1. The van der Waals surface area contributed by atoms with E-state index in [9.17, 15) is 14.0 Å². The number of carboxylic acid groups (broad SMARTS) is 1. The van der Waals surface area contributed by atoms with Gasteiger partial charge in [-0.05, 0) is 42.2 Å². The maximum absolute atomic E-state index is 13.5. The predicted molar refractivity (Wildman–Crippen MR) is 85.2 cm³/mol. The minimum absolute atomic E-state index is 0.142. The summed E-state index contributed by atoms with van der Waals surface area (Å²) in [6, 6.07) is 9.11. The minimum Gasteiger partial charge on any atom is -0.477 e. The number of hydrogen-bond donors (Lipinski definition) is 1. The molecular weight excluding hydrogens is 317 g/mol. The van der Waals surface area contributed by atoms with E-state index in [-0.39, 0.29) is 28.6 Å². The van der Waals surface area contributed by atoms with Crippen LogP contribution in [0, 0.1) is 11.7 Å². The van der Waals surface area contributed by atoms with Gasteiger partial charge < -0.3 is 10.0 Å². The fourth-order valence-electron chi connectivity index (χ4n) is 3.08. The molecule has 1 N–H and O–H groups in total. The zero-order valence-electron chi connectivity index (χ0n) is 12.5. The highest BCUT2D eigenvalue weighted by Gasteiger charge is 2.36. The van der Waals surface area contributed by atoms with E-state index in [0.717, 1.165) is 23.3 Å². The number of benzene rings is 1. The number of amides is 1. The SMILES string of the molecule is CC1CCN(C(=O)c2ccc(C(=O)O)s2)C1c1cccc(F)c1. The molecule has 4 nitrogen and oxygen atoms in total. The van der Waals surface area contributed by atoms with Gasteiger partial charge in [0.1, 0.15) is 10.7 Å². The molecular formula is C17H16FNO3S. The van der Waals surface area contributed by atoms with Crippen LogP contribution < -0.4 is 0 Å². The van der Waals surface area contributed by atoms with Gasteiger partial charge in [0.2, 0.25) is 0 Å². The topological polar surface area (TPSA) is 57.6 Å². The molecule has 0 bridgehead atoms. The van der Waals surface area contributed by atoms with Gasteiger partial charge in [0.25, 0.3) is 5.91 Å². The smallest absolute Gasteiger partial charge is 0.345 e. The quantitative estimate of drug-likeness (QED) is 0.929. The van der Waals surface area contributed by atoms with E-state index in [1.54, 1.807) is 17.0 Å². The van der Waals surface area contributed by atoms with Gasteiger partial charge in [-0.1, -0.05) is 19.1 Å². The van der Waals surface area contributed by atoms with Crippen LogP contribution in [-0.2, 0) is 0 Å². The van der Waals surface area contributed by atoms with Gasteiger partial charge in [-0.15, -0.1) is 11.3 Å². The third-order valence-corrected chi connectivity index (χ3v) is 5.24. The van der Waals surface area contributed by atoms with Crippen LogP contribution in [-0.4, -0.2) is 28.4 Å². The van der Waals surface area contributed by atoms with Crippen molar-refractivity contribution in [1.82, 2.24) is 4.90 Å². The Morgan fingerprint density at radius 1 is 1.26 bits per heavy atom. The van der Waals surface area contributed by atoms with E-state index in [4.69, 9.17) is 5.11 Å². The van der Waals surface area contributed by atoms with Crippen molar-refractivity contribution >= 4 is 23.2 Å². The van der Waals surface area contributed by atoms with Crippen molar-refractivity contribution in [3.05, 3.63) is 57.5 Å². The van der Waals surface area contributed by atoms with E-state index in [2.05, 4.69) is 0 Å². The Kier molecular flexibility index (Phi) is 4.17. The van der Waals surface area contributed by atoms with Gasteiger partial charge in [-0.25, -0.2) is 9.18 Å². The lowest BCUT2D eigenvalue weighted by Crippen LogP contribution is -2.31. The average Bonchev–Trinajstić information content (AvgIpc) is 3.13. The van der Waals surface area contributed by atoms with Crippen LogP contribution in [0.25, 0.3) is 0 Å². The summed E-state index contributed by atoms with van der Waals surface area (Å²) in [7, 11) is 0. The molecule has 1 amide bonds. The molecule has 0 spiro atoms. The fourth-order valence-corrected chi connectivity index (χ4v) is 3.88. The maximum atomic E-state index is 13.5. The third-order valence-electron chi connectivity index (χ3n) is 4.18. The van der Waals surface area contributed by atoms with E-state index in [1.165, 1.54) is 18.2 Å². The first-order chi connectivity index (χ1) is 11.0. The Morgan fingerprint density at radius 2 is 2.00 bits per heavy atom. The van der Waals surface area contributed by atoms with Crippen LogP contribution in [0.4, 0.5) is 4.39 Å². The number of rotatable bonds is 3. The van der Waals surface area contributed by atoms with E-state index >= 15 is 0 Å². The molecule has 3 rings (SSSR count). The Morgan fingerprint density at radius 3 is 2.65 bits per heavy atom. The van der Waals surface area contributed by atoms with Crippen LogP contribution in [0.2, 0.25) is 0 Å². The van der Waals surface area contributed by atoms with Crippen LogP contribution >= 0.6 is 11.3 Å². The molecule has 2 atom stereocenters. The lowest BCUT2D eigenvalue weighted by atomic mass is 9.95. The standard InChI is InChI=1S/C17H16FNO3S/c1-10-7-8-19(15(10)11-3-2-4-12(18)9-11)16(20)13-5-6-14(23-13)17(21)22/h2-6,9-10,15H,7-8H2,1H3,(H,21,22). The number of nitrogens with zero attached hydrogens (tertiary/aromatic N) is 1. The van der Waals surface area contributed by atoms with Crippen molar-refractivity contribution in [2.24, 2.45) is 5.92 Å². The minimum atomic E-state index is -1.04. The summed E-state index contributed by atoms with van der Waals surface area (Å²) in [5.74, 6) is -1.33. The van der Waals surface area contributed by atoms with Crippen molar-refractivity contribution in [2.75, 3.05) is 6.54 Å². The molecule has 1 saturated heterocycles. The number of hydrogen-bond acceptors (Lipinski definition) is 3. The van der Waals surface area contributed by atoms with Gasteiger partial charge in [0.05, 0.1) is 10.9 Å². The monoisotopic (exact) mass is 333 g/mol. The Labute approximate surface area is 137 Å². The fraction of sp³-hybridized carbons (Fsp3) is 0.294. The Hall–Kier alpha value is -2.21. The zero-order valence-corrected chi connectivity index (χ0v) is 13.3. The summed E-state index contributed by atoms with van der Waals surface area (Å²) in [6.07, 6.45) is 0.837. The average molecular weight is 333 g/mol. The van der Waals surface area contributed by atoms with Gasteiger partial charge in [0, 0.05) is 6.54 Å². The maximum Gasteiger partial charge on any atom is 0.345 e. The van der Waals surface area contributed by atoms with Crippen molar-refractivity contribution in [3.63, 3.8) is 0 Å². The Balaban J connectivity index is 1.90. The van der Waals surface area contributed by atoms with Gasteiger partial charge >= 0.3 is 5.97 Å². The number of carboxylic acids is 1. The molecule has 2 unspecified atom stereocenters. The summed E-state index contributed by atoms with van der Waals surface area (Å²) in [5, 5.41) is 8.99. The predicted octanol–water partition coefficient (Wildman–Crippen LogP) is 3.81. The lowest BCUT2D eigenvalue weighted by molar-refractivity contribution is 0.0700. The second-order valence-corrected chi connectivity index (χ2v) is 6.82. The molecule has 0 radical (unpaired) electrons. The molecule has 2 aromatic rings. The van der Waals surface area contributed by atoms with Crippen molar-refractivity contribution in [2.45, 2.75) is 19.4 Å². The van der Waals surface area contributed by atoms with Crippen LogP contribution in [0.15, 0.2) is 36.4 Å². The zero-order chi connectivity index (χ0) is 16.6. The normalized spacial score (nSPS) is 20.7. The summed E-state index contributed by atoms with van der Waals surface area (Å²) in [5.41, 5.74) is 0.776. The third kappa shape index (κ3) is 2.99. The number of carbonyl (C=O) groups is 2. The number of halogens is 1. The van der Waals surface area contributed by atoms with Crippen LogP contribution in [0.3, 0.4) is 0 Å². The summed E-state index contributed by atoms with van der Waals surface area (Å²) in [4.78, 5) is 26.0. The highest BCUT2D eigenvalue weighted by molar-refractivity contribution is 7.15. The first-order valence-corrected chi connectivity index (χ1v) is 8.18. The van der Waals surface area contributed by atoms with E-state index in [1.807, 2.05) is 13.0 Å². The number of carbonyl (C=O) groups excluding carboxylic acids is 1. The Bertz CT molecular complexity index is 758. The summed E-state index contributed by atoms with van der Waals surface area (Å²) < 4.78 is 13.5. The molecule has 1 aliphatic rings. The molecule has 0 aliphatic carbocycles. The van der Waals surface area contributed by atoms with Crippen LogP contribution in [0.5, 0.6) is 0 Å². The first kappa shape index (κ1) is 15.7. The molecule has 6 heteroatoms. The highest BCUT2D eigenvalue weighted by Crippen LogP contribution is 2.38. The largest absolute Gasteiger partial charge is 0.477 e. The van der Waals surface area contributed by atoms with Gasteiger partial charge in [0.15, 0.2) is 0 Å². The summed E-state index contributed by atoms with van der Waals surface area (Å²) in [6.45, 7) is 2.63. The summed E-state index contributed by atoms with van der Waals surface area (Å²) >= 11 is 0.973. The first-order valence-electron chi connectivity index (χ1n) is 7.37. The number of likely N-dealkylation sites (tertiary alicyclic amines) is 1. The molecule has 2 heterocycles. The van der Waals surface area contributed by atoms with Gasteiger partial charge in [-0.3, -0.25) is 4.79 Å². The molecule has 1 aliphatic heterocycles. The van der Waals surface area contributed by atoms with E-state index < -0.39 is 5.97 Å². The molecule has 0 saturated carbocycles. The van der Waals surface area contributed by atoms with Crippen molar-refractivity contribution in [3.8, 4) is 0 Å². The van der Waals surface area contributed by atoms with Crippen molar-refractivity contribution in [1.29, 1.82) is 0 Å². The molecule has 23 heavy (non-hydrogen) atoms. The van der Waals surface area contributed by atoms with Crippen molar-refractivity contribution < 1.29 is 19.1 Å². The number of thiophene rings is 1. The second kappa shape index (κ2) is 6.12. The van der Waals surface area contributed by atoms with E-state index in [0.29, 0.717) is 11.4 Å².